The molecule has 1 aliphatic carbocycles. The molecule has 1 aromatic carbocycles. The summed E-state index contributed by atoms with van der Waals surface area (Å²) in [7, 11) is 0. The maximum atomic E-state index is 13.2. The summed E-state index contributed by atoms with van der Waals surface area (Å²) in [6, 6.07) is 3.52. The van der Waals surface area contributed by atoms with Crippen molar-refractivity contribution in [3.05, 3.63) is 46.7 Å². The second kappa shape index (κ2) is 7.12. The highest BCUT2D eigenvalue weighted by Gasteiger charge is 2.39. The summed E-state index contributed by atoms with van der Waals surface area (Å²) < 4.78 is 26.4. The maximum absolute atomic E-state index is 13.2. The summed E-state index contributed by atoms with van der Waals surface area (Å²) in [4.78, 5) is 17.7. The summed E-state index contributed by atoms with van der Waals surface area (Å²) in [6.45, 7) is 1.62. The van der Waals surface area contributed by atoms with E-state index in [0.717, 1.165) is 36.8 Å². The number of carbonyl (C=O) groups is 1. The Kier molecular flexibility index (Phi) is 4.66. The summed E-state index contributed by atoms with van der Waals surface area (Å²) >= 11 is 0. The van der Waals surface area contributed by atoms with E-state index in [0.29, 0.717) is 18.9 Å². The van der Waals surface area contributed by atoms with Crippen LogP contribution in [0.3, 0.4) is 0 Å². The van der Waals surface area contributed by atoms with Gasteiger partial charge in [0.25, 0.3) is 0 Å². The van der Waals surface area contributed by atoms with E-state index in [1.807, 2.05) is 0 Å². The van der Waals surface area contributed by atoms with Crippen LogP contribution in [0.25, 0.3) is 0 Å². The van der Waals surface area contributed by atoms with Gasteiger partial charge in [0.05, 0.1) is 5.92 Å². The smallest absolute Gasteiger partial charge is 0.306 e. The van der Waals surface area contributed by atoms with E-state index < -0.39 is 23.8 Å². The molecule has 1 saturated carbocycles. The van der Waals surface area contributed by atoms with E-state index >= 15 is 0 Å². The van der Waals surface area contributed by atoms with Crippen molar-refractivity contribution in [1.82, 2.24) is 10.2 Å². The van der Waals surface area contributed by atoms with E-state index in [4.69, 9.17) is 5.11 Å². The number of halogens is 2. The van der Waals surface area contributed by atoms with Gasteiger partial charge in [-0.1, -0.05) is 5.92 Å². The van der Waals surface area contributed by atoms with Crippen LogP contribution in [0.15, 0.2) is 34.5 Å². The van der Waals surface area contributed by atoms with Crippen molar-refractivity contribution in [2.75, 3.05) is 13.1 Å². The maximum Gasteiger partial charge on any atom is 0.306 e. The summed E-state index contributed by atoms with van der Waals surface area (Å²) in [6.07, 6.45) is 3.60. The fourth-order valence-corrected chi connectivity index (χ4v) is 3.71. The van der Waals surface area contributed by atoms with Gasteiger partial charge in [0.1, 0.15) is 11.6 Å². The number of nitrogens with zero attached hydrogens (tertiary/aromatic N) is 2. The molecule has 0 saturated heterocycles. The number of benzene rings is 1. The van der Waals surface area contributed by atoms with Crippen LogP contribution < -0.4 is 5.32 Å². The molecule has 27 heavy (non-hydrogen) atoms. The van der Waals surface area contributed by atoms with Crippen LogP contribution in [0.1, 0.15) is 24.8 Å². The number of carboxylic acids is 1. The molecule has 1 aromatic rings. The van der Waals surface area contributed by atoms with E-state index in [1.165, 1.54) is 12.1 Å². The Balaban J connectivity index is 1.37. The molecule has 2 N–H and O–H groups in total. The lowest BCUT2D eigenvalue weighted by Crippen LogP contribution is -2.51. The number of aliphatic imine (C=N–C) groups is 1. The van der Waals surface area contributed by atoms with E-state index in [1.54, 1.807) is 6.21 Å². The first-order valence-electron chi connectivity index (χ1n) is 8.94. The van der Waals surface area contributed by atoms with Crippen molar-refractivity contribution in [3.8, 4) is 11.8 Å². The highest BCUT2D eigenvalue weighted by atomic mass is 19.1. The third-order valence-electron chi connectivity index (χ3n) is 5.30. The van der Waals surface area contributed by atoms with E-state index in [-0.39, 0.29) is 11.5 Å². The van der Waals surface area contributed by atoms with Crippen molar-refractivity contribution in [3.63, 3.8) is 0 Å². The minimum atomic E-state index is -0.705. The molecule has 2 heterocycles. The number of carboxylic acid groups (broad SMARTS) is 1. The fourth-order valence-electron chi connectivity index (χ4n) is 3.71. The molecule has 0 bridgehead atoms. The Morgan fingerprint density at radius 2 is 2.00 bits per heavy atom. The molecule has 0 spiro atoms. The lowest BCUT2D eigenvalue weighted by atomic mass is 9.78. The number of hydrogen-bond donors (Lipinski definition) is 2. The van der Waals surface area contributed by atoms with Gasteiger partial charge >= 0.3 is 5.97 Å². The van der Waals surface area contributed by atoms with Gasteiger partial charge in [-0.3, -0.25) is 14.7 Å². The third kappa shape index (κ3) is 3.86. The lowest BCUT2D eigenvalue weighted by molar-refractivity contribution is -0.147. The van der Waals surface area contributed by atoms with Gasteiger partial charge in [-0.25, -0.2) is 8.78 Å². The van der Waals surface area contributed by atoms with Gasteiger partial charge in [-0.15, -0.1) is 0 Å². The molecular formula is C20H19F2N3O2. The summed E-state index contributed by atoms with van der Waals surface area (Å²) in [5, 5.41) is 12.3. The Bertz CT molecular complexity index is 874. The highest BCUT2D eigenvalue weighted by Crippen LogP contribution is 2.34. The zero-order valence-electron chi connectivity index (χ0n) is 14.6. The minimum absolute atomic E-state index is 0.212. The Morgan fingerprint density at radius 3 is 2.70 bits per heavy atom. The van der Waals surface area contributed by atoms with Crippen molar-refractivity contribution in [1.29, 1.82) is 0 Å². The first kappa shape index (κ1) is 17.7. The normalized spacial score (nSPS) is 27.1. The average molecular weight is 371 g/mol. The van der Waals surface area contributed by atoms with E-state index in [9.17, 15) is 13.6 Å². The van der Waals surface area contributed by atoms with Gasteiger partial charge in [0.2, 0.25) is 0 Å². The number of nitrogens with one attached hydrogen (secondary N) is 1. The molecule has 140 valence electrons. The molecule has 4 rings (SSSR count). The SMILES string of the molecule is O=C(O)C1CC(N2CCC3=C(C=NC(C#Cc4cc(F)cc(F)c4)N3)C2)C1. The number of aliphatic carboxylic acids is 1. The van der Waals surface area contributed by atoms with Gasteiger partial charge in [-0.05, 0) is 30.9 Å². The second-order valence-corrected chi connectivity index (χ2v) is 7.14. The van der Waals surface area contributed by atoms with Crippen molar-refractivity contribution in [2.24, 2.45) is 10.9 Å². The molecule has 1 atom stereocenters. The molecule has 1 unspecified atom stereocenters. The van der Waals surface area contributed by atoms with Crippen LogP contribution in [0, 0.1) is 29.4 Å². The van der Waals surface area contributed by atoms with Crippen molar-refractivity contribution < 1.29 is 18.7 Å². The van der Waals surface area contributed by atoms with Crippen molar-refractivity contribution >= 4 is 12.2 Å². The fraction of sp³-hybridized carbons (Fsp3) is 0.400. The second-order valence-electron chi connectivity index (χ2n) is 7.14. The van der Waals surface area contributed by atoms with Crippen LogP contribution in [0.2, 0.25) is 0 Å². The molecular weight excluding hydrogens is 352 g/mol. The third-order valence-corrected chi connectivity index (χ3v) is 5.30. The Hall–Kier alpha value is -2.72. The van der Waals surface area contributed by atoms with Crippen LogP contribution in [-0.4, -0.2) is 47.5 Å². The van der Waals surface area contributed by atoms with Gasteiger partial charge in [-0.2, -0.15) is 0 Å². The molecule has 7 heteroatoms. The zero-order chi connectivity index (χ0) is 19.0. The van der Waals surface area contributed by atoms with Crippen LogP contribution >= 0.6 is 0 Å². The molecule has 1 fully saturated rings. The zero-order valence-corrected chi connectivity index (χ0v) is 14.6. The largest absolute Gasteiger partial charge is 0.481 e. The summed E-state index contributed by atoms with van der Waals surface area (Å²) in [5.74, 6) is 3.43. The predicted molar refractivity (Wildman–Crippen MR) is 96.0 cm³/mol. The van der Waals surface area contributed by atoms with Crippen LogP contribution in [0.5, 0.6) is 0 Å². The standard InChI is InChI=1S/C20H19F2N3O2/c21-15-5-12(6-16(22)9-15)1-2-19-23-10-14-11-25(4-3-18(14)24-19)17-7-13(8-17)20(26)27/h5-6,9-10,13,17,19,24H,3-4,7-8,11H2,(H,26,27). The number of rotatable bonds is 2. The molecule has 0 aromatic heterocycles. The average Bonchev–Trinajstić information content (AvgIpc) is 2.57. The van der Waals surface area contributed by atoms with Gasteiger partial charge in [0, 0.05) is 54.7 Å². The summed E-state index contributed by atoms with van der Waals surface area (Å²) in [5.41, 5.74) is 2.45. The quantitative estimate of drug-likeness (QED) is 0.782. The molecule has 5 nitrogen and oxygen atoms in total. The van der Waals surface area contributed by atoms with Crippen LogP contribution in [0.4, 0.5) is 8.78 Å². The van der Waals surface area contributed by atoms with Gasteiger partial charge < -0.3 is 10.4 Å². The molecule has 0 radical (unpaired) electrons. The number of hydrogen-bond acceptors (Lipinski definition) is 4. The first-order valence-corrected chi connectivity index (χ1v) is 8.94. The minimum Gasteiger partial charge on any atom is -0.481 e. The Morgan fingerprint density at radius 1 is 1.26 bits per heavy atom. The van der Waals surface area contributed by atoms with E-state index in [2.05, 4.69) is 27.0 Å². The van der Waals surface area contributed by atoms with Crippen molar-refractivity contribution in [2.45, 2.75) is 31.5 Å². The monoisotopic (exact) mass is 371 g/mol. The van der Waals surface area contributed by atoms with Gasteiger partial charge in [0.15, 0.2) is 6.17 Å². The lowest BCUT2D eigenvalue weighted by Gasteiger charge is -2.44. The predicted octanol–water partition coefficient (Wildman–Crippen LogP) is 2.14. The topological polar surface area (TPSA) is 64.9 Å². The highest BCUT2D eigenvalue weighted by molar-refractivity contribution is 5.82. The first-order chi connectivity index (χ1) is 13.0. The molecule has 3 aliphatic rings. The van der Waals surface area contributed by atoms with Crippen LogP contribution in [-0.2, 0) is 4.79 Å². The Labute approximate surface area is 155 Å². The molecule has 0 amide bonds. The molecule has 2 aliphatic heterocycles.